The molecule has 0 saturated heterocycles. The molecule has 25 heavy (non-hydrogen) atoms. The number of amides is 1. The average Bonchev–Trinajstić information content (AvgIpc) is 2.74. The summed E-state index contributed by atoms with van der Waals surface area (Å²) >= 11 is 6.11. The van der Waals surface area contributed by atoms with Crippen LogP contribution in [0.4, 0.5) is 0 Å². The predicted molar refractivity (Wildman–Crippen MR) is 97.3 cm³/mol. The smallest absolute Gasteiger partial charge is 0.335 e. The highest BCUT2D eigenvalue weighted by Crippen LogP contribution is 2.28. The molecule has 1 aliphatic heterocycles. The van der Waals surface area contributed by atoms with E-state index in [4.69, 9.17) is 16.7 Å². The molecule has 1 atom stereocenters. The lowest BCUT2D eigenvalue weighted by Crippen LogP contribution is -2.35. The Morgan fingerprint density at radius 1 is 1.24 bits per heavy atom. The molecule has 0 radical (unpaired) electrons. The van der Waals surface area contributed by atoms with E-state index in [9.17, 15) is 9.59 Å². The third-order valence-corrected chi connectivity index (χ3v) is 4.90. The third-order valence-electron chi connectivity index (χ3n) is 4.67. The monoisotopic (exact) mass is 357 g/mol. The van der Waals surface area contributed by atoms with Gasteiger partial charge in [-0.25, -0.2) is 4.79 Å². The number of aromatic carboxylic acids is 1. The van der Waals surface area contributed by atoms with Crippen LogP contribution in [-0.4, -0.2) is 35.0 Å². The lowest BCUT2D eigenvalue weighted by Gasteiger charge is -2.23. The molecule has 1 aliphatic rings. The Kier molecular flexibility index (Phi) is 5.09. The minimum Gasteiger partial charge on any atom is -0.478 e. The van der Waals surface area contributed by atoms with Gasteiger partial charge in [0, 0.05) is 18.1 Å². The Morgan fingerprint density at radius 3 is 2.80 bits per heavy atom. The zero-order chi connectivity index (χ0) is 18.0. The van der Waals surface area contributed by atoms with Gasteiger partial charge < -0.3 is 10.0 Å². The summed E-state index contributed by atoms with van der Waals surface area (Å²) in [5.74, 6) is -0.746. The SMILES string of the molecule is CC1CN(C(=O)Cc2cccc(C(=O)O)c2)CCc2ccc(Cl)cc21. The Bertz CT molecular complexity index is 818. The van der Waals surface area contributed by atoms with Gasteiger partial charge in [-0.15, -0.1) is 0 Å². The van der Waals surface area contributed by atoms with Crippen LogP contribution in [-0.2, 0) is 17.6 Å². The highest BCUT2D eigenvalue weighted by atomic mass is 35.5. The molecule has 2 aromatic rings. The van der Waals surface area contributed by atoms with Crippen LogP contribution in [0.2, 0.25) is 5.02 Å². The highest BCUT2D eigenvalue weighted by molar-refractivity contribution is 6.30. The third kappa shape index (κ3) is 4.02. The highest BCUT2D eigenvalue weighted by Gasteiger charge is 2.23. The van der Waals surface area contributed by atoms with E-state index >= 15 is 0 Å². The fourth-order valence-corrected chi connectivity index (χ4v) is 3.54. The maximum absolute atomic E-state index is 12.7. The van der Waals surface area contributed by atoms with E-state index in [-0.39, 0.29) is 23.8 Å². The van der Waals surface area contributed by atoms with Crippen molar-refractivity contribution in [1.29, 1.82) is 0 Å². The van der Waals surface area contributed by atoms with Crippen molar-refractivity contribution in [2.75, 3.05) is 13.1 Å². The Labute approximate surface area is 152 Å². The summed E-state index contributed by atoms with van der Waals surface area (Å²) in [4.78, 5) is 25.7. The van der Waals surface area contributed by atoms with Gasteiger partial charge in [-0.05, 0) is 53.3 Å². The van der Waals surface area contributed by atoms with Crippen LogP contribution < -0.4 is 0 Å². The van der Waals surface area contributed by atoms with Crippen molar-refractivity contribution in [2.24, 2.45) is 0 Å². The summed E-state index contributed by atoms with van der Waals surface area (Å²) in [6.07, 6.45) is 1.02. The summed E-state index contributed by atoms with van der Waals surface area (Å²) in [7, 11) is 0. The Hall–Kier alpha value is -2.33. The van der Waals surface area contributed by atoms with Crippen molar-refractivity contribution >= 4 is 23.5 Å². The number of halogens is 1. The Balaban J connectivity index is 1.74. The molecule has 1 unspecified atom stereocenters. The van der Waals surface area contributed by atoms with Crippen molar-refractivity contribution in [2.45, 2.75) is 25.7 Å². The quantitative estimate of drug-likeness (QED) is 0.909. The molecule has 0 aliphatic carbocycles. The fourth-order valence-electron chi connectivity index (χ4n) is 3.36. The van der Waals surface area contributed by atoms with E-state index in [0.29, 0.717) is 13.1 Å². The molecule has 0 saturated carbocycles. The van der Waals surface area contributed by atoms with Crippen LogP contribution in [0.25, 0.3) is 0 Å². The second-order valence-corrected chi connectivity index (χ2v) is 6.95. The van der Waals surface area contributed by atoms with E-state index in [1.165, 1.54) is 17.2 Å². The van der Waals surface area contributed by atoms with Gasteiger partial charge in [0.1, 0.15) is 0 Å². The lowest BCUT2D eigenvalue weighted by atomic mass is 9.95. The number of carboxylic acids is 1. The summed E-state index contributed by atoms with van der Waals surface area (Å²) in [5.41, 5.74) is 3.37. The normalized spacial score (nSPS) is 16.9. The average molecular weight is 358 g/mol. The molecule has 1 N–H and O–H groups in total. The first-order valence-corrected chi connectivity index (χ1v) is 8.70. The van der Waals surface area contributed by atoms with Crippen LogP contribution in [0.15, 0.2) is 42.5 Å². The molecule has 1 amide bonds. The topological polar surface area (TPSA) is 57.6 Å². The predicted octanol–water partition coefficient (Wildman–Crippen LogP) is 3.77. The second-order valence-electron chi connectivity index (χ2n) is 6.52. The molecule has 1 heterocycles. The number of fused-ring (bicyclic) bond motifs is 1. The summed E-state index contributed by atoms with van der Waals surface area (Å²) in [6, 6.07) is 12.5. The van der Waals surface area contributed by atoms with Gasteiger partial charge in [0.2, 0.25) is 5.91 Å². The van der Waals surface area contributed by atoms with Gasteiger partial charge in [-0.2, -0.15) is 0 Å². The Morgan fingerprint density at radius 2 is 2.04 bits per heavy atom. The summed E-state index contributed by atoms with van der Waals surface area (Å²) in [5, 5.41) is 9.80. The van der Waals surface area contributed by atoms with Gasteiger partial charge >= 0.3 is 5.97 Å². The van der Waals surface area contributed by atoms with Crippen LogP contribution in [0.5, 0.6) is 0 Å². The molecule has 0 spiro atoms. The zero-order valence-electron chi connectivity index (χ0n) is 14.0. The van der Waals surface area contributed by atoms with Crippen LogP contribution in [0.3, 0.4) is 0 Å². The van der Waals surface area contributed by atoms with Crippen LogP contribution in [0.1, 0.15) is 39.9 Å². The van der Waals surface area contributed by atoms with Crippen molar-refractivity contribution < 1.29 is 14.7 Å². The molecule has 0 aromatic heterocycles. The molecule has 130 valence electrons. The maximum Gasteiger partial charge on any atom is 0.335 e. The minimum atomic E-state index is -0.981. The number of hydrogen-bond acceptors (Lipinski definition) is 2. The molecule has 3 rings (SSSR count). The van der Waals surface area contributed by atoms with E-state index < -0.39 is 5.97 Å². The van der Waals surface area contributed by atoms with Crippen molar-refractivity contribution in [3.05, 3.63) is 69.7 Å². The maximum atomic E-state index is 12.7. The number of nitrogens with zero attached hydrogens (tertiary/aromatic N) is 1. The second kappa shape index (κ2) is 7.28. The summed E-state index contributed by atoms with van der Waals surface area (Å²) < 4.78 is 0. The first-order valence-electron chi connectivity index (χ1n) is 8.32. The fraction of sp³-hybridized carbons (Fsp3) is 0.300. The van der Waals surface area contributed by atoms with Crippen LogP contribution >= 0.6 is 11.6 Å². The van der Waals surface area contributed by atoms with E-state index in [2.05, 4.69) is 6.92 Å². The first kappa shape index (κ1) is 17.5. The van der Waals surface area contributed by atoms with Gasteiger partial charge in [0.05, 0.1) is 12.0 Å². The van der Waals surface area contributed by atoms with E-state index in [0.717, 1.165) is 17.0 Å². The molecule has 4 nitrogen and oxygen atoms in total. The molecule has 2 aromatic carbocycles. The minimum absolute atomic E-state index is 0.0216. The van der Waals surface area contributed by atoms with Crippen molar-refractivity contribution in [1.82, 2.24) is 4.90 Å². The van der Waals surface area contributed by atoms with Crippen LogP contribution in [0, 0.1) is 0 Å². The van der Waals surface area contributed by atoms with E-state index in [1.807, 2.05) is 23.1 Å². The van der Waals surface area contributed by atoms with Crippen molar-refractivity contribution in [3.8, 4) is 0 Å². The summed E-state index contributed by atoms with van der Waals surface area (Å²) in [6.45, 7) is 3.41. The number of carboxylic acid groups (broad SMARTS) is 1. The van der Waals surface area contributed by atoms with Gasteiger partial charge in [0.25, 0.3) is 0 Å². The number of carbonyl (C=O) groups is 2. The lowest BCUT2D eigenvalue weighted by molar-refractivity contribution is -0.130. The van der Waals surface area contributed by atoms with E-state index in [1.54, 1.807) is 18.2 Å². The first-order chi connectivity index (χ1) is 11.9. The molecular weight excluding hydrogens is 338 g/mol. The van der Waals surface area contributed by atoms with Gasteiger partial charge in [-0.3, -0.25) is 4.79 Å². The number of hydrogen-bond donors (Lipinski definition) is 1. The standard InChI is InChI=1S/C20H20ClNO3/c1-13-12-22(8-7-15-5-6-17(21)11-18(13)15)19(23)10-14-3-2-4-16(9-14)20(24)25/h2-6,9,11,13H,7-8,10,12H2,1H3,(H,24,25). The zero-order valence-corrected chi connectivity index (χ0v) is 14.8. The van der Waals surface area contributed by atoms with Gasteiger partial charge in [-0.1, -0.05) is 36.7 Å². The molecule has 0 bridgehead atoms. The van der Waals surface area contributed by atoms with Gasteiger partial charge in [0.15, 0.2) is 0 Å². The number of rotatable bonds is 3. The largest absolute Gasteiger partial charge is 0.478 e. The van der Waals surface area contributed by atoms with Crippen molar-refractivity contribution in [3.63, 3.8) is 0 Å². The molecule has 0 fully saturated rings. The number of carbonyl (C=O) groups excluding carboxylic acids is 1. The molecular formula is C20H20ClNO3. The molecule has 5 heteroatoms. The number of benzene rings is 2.